The summed E-state index contributed by atoms with van der Waals surface area (Å²) in [6, 6.07) is -0.671. The molecule has 242 valence electrons. The SMILES string of the molecule is CCC(=O)O[C@H]1CC(=O)O[C@@H](C)C/C=C/C=C/[C@@H](O)[C@@H](C)C[C@H](CC)[C@@H](O[C@@H]2O[C@H](C)[C@@H](O)[C@@H](N(C)C)[C@H]2O)[C@H]1OC. The first-order chi connectivity index (χ1) is 19.8. The number of hydrogen-bond donors (Lipinski definition) is 3. The van der Waals surface area contributed by atoms with E-state index in [1.165, 1.54) is 7.11 Å². The van der Waals surface area contributed by atoms with Crippen molar-refractivity contribution < 1.29 is 48.6 Å². The van der Waals surface area contributed by atoms with Crippen LogP contribution in [-0.4, -0.2) is 115 Å². The fraction of sp³-hybridized carbons (Fsp3) is 0.806. The Balaban J connectivity index is 2.58. The Kier molecular flexibility index (Phi) is 15.1. The fourth-order valence-electron chi connectivity index (χ4n) is 5.67. The van der Waals surface area contributed by atoms with Crippen LogP contribution >= 0.6 is 0 Å². The summed E-state index contributed by atoms with van der Waals surface area (Å²) in [5, 5.41) is 32.9. The van der Waals surface area contributed by atoms with Crippen LogP contribution in [0.25, 0.3) is 0 Å². The van der Waals surface area contributed by atoms with Crippen molar-refractivity contribution in [1.82, 2.24) is 4.90 Å². The lowest BCUT2D eigenvalue weighted by atomic mass is 9.82. The second-order valence-corrected chi connectivity index (χ2v) is 11.8. The van der Waals surface area contributed by atoms with E-state index in [1.807, 2.05) is 19.9 Å². The number of aliphatic hydroxyl groups excluding tert-OH is 3. The highest BCUT2D eigenvalue weighted by molar-refractivity contribution is 5.72. The highest BCUT2D eigenvalue weighted by atomic mass is 16.7. The topological polar surface area (TPSA) is 144 Å². The van der Waals surface area contributed by atoms with Gasteiger partial charge in [-0.25, -0.2) is 0 Å². The molecular formula is C31H53NO10. The lowest BCUT2D eigenvalue weighted by molar-refractivity contribution is -0.310. The number of aliphatic hydroxyl groups is 3. The van der Waals surface area contributed by atoms with E-state index in [0.717, 1.165) is 0 Å². The maximum atomic E-state index is 13.0. The maximum Gasteiger partial charge on any atom is 0.309 e. The van der Waals surface area contributed by atoms with Gasteiger partial charge in [0.15, 0.2) is 6.29 Å². The number of allylic oxidation sites excluding steroid dienone is 2. The van der Waals surface area contributed by atoms with Crippen molar-refractivity contribution in [2.45, 2.75) is 128 Å². The molecule has 1 fully saturated rings. The number of rotatable bonds is 7. The Labute approximate surface area is 250 Å². The first-order valence-electron chi connectivity index (χ1n) is 15.1. The second kappa shape index (κ2) is 17.4. The number of carbonyl (C=O) groups excluding carboxylic acids is 2. The molecule has 1 saturated heterocycles. The van der Waals surface area contributed by atoms with Crippen LogP contribution in [0.5, 0.6) is 0 Å². The molecule has 0 aromatic heterocycles. The van der Waals surface area contributed by atoms with Gasteiger partial charge in [0, 0.05) is 20.0 Å². The molecule has 0 radical (unpaired) electrons. The molecule has 2 aliphatic rings. The van der Waals surface area contributed by atoms with Gasteiger partial charge in [-0.05, 0) is 46.2 Å². The third kappa shape index (κ3) is 10.1. The van der Waals surface area contributed by atoms with Gasteiger partial charge in [0.1, 0.15) is 24.4 Å². The van der Waals surface area contributed by atoms with Gasteiger partial charge in [0.25, 0.3) is 0 Å². The van der Waals surface area contributed by atoms with E-state index in [1.54, 1.807) is 58.0 Å². The Morgan fingerprint density at radius 3 is 2.36 bits per heavy atom. The van der Waals surface area contributed by atoms with Crippen LogP contribution in [0.4, 0.5) is 0 Å². The maximum absolute atomic E-state index is 13.0. The van der Waals surface area contributed by atoms with Gasteiger partial charge in [0.05, 0.1) is 36.9 Å². The fourth-order valence-corrected chi connectivity index (χ4v) is 5.67. The first kappa shape index (κ1) is 36.3. The van der Waals surface area contributed by atoms with Crippen LogP contribution in [-0.2, 0) is 33.3 Å². The van der Waals surface area contributed by atoms with Gasteiger partial charge in [-0.2, -0.15) is 0 Å². The van der Waals surface area contributed by atoms with E-state index in [9.17, 15) is 24.9 Å². The molecule has 11 heteroatoms. The number of cyclic esters (lactones) is 1. The molecular weight excluding hydrogens is 546 g/mol. The number of ether oxygens (including phenoxy) is 5. The van der Waals surface area contributed by atoms with Crippen molar-refractivity contribution in [1.29, 1.82) is 0 Å². The Bertz CT molecular complexity index is 895. The van der Waals surface area contributed by atoms with E-state index in [-0.39, 0.29) is 24.7 Å². The molecule has 0 aromatic carbocycles. The molecule has 11 nitrogen and oxygen atoms in total. The number of esters is 2. The monoisotopic (exact) mass is 599 g/mol. The van der Waals surface area contributed by atoms with Gasteiger partial charge in [0.2, 0.25) is 0 Å². The molecule has 42 heavy (non-hydrogen) atoms. The van der Waals surface area contributed by atoms with E-state index in [4.69, 9.17) is 23.7 Å². The lowest BCUT2D eigenvalue weighted by Gasteiger charge is -2.47. The minimum Gasteiger partial charge on any atom is -0.462 e. The Hall–Kier alpha value is -1.86. The number of hydrogen-bond acceptors (Lipinski definition) is 11. The van der Waals surface area contributed by atoms with Crippen LogP contribution in [0.1, 0.15) is 66.7 Å². The summed E-state index contributed by atoms with van der Waals surface area (Å²) in [5.74, 6) is -1.53. The third-order valence-electron chi connectivity index (χ3n) is 8.20. The van der Waals surface area contributed by atoms with Gasteiger partial charge in [-0.15, -0.1) is 0 Å². The number of likely N-dealkylation sites (N-methyl/N-ethyl adjacent to an activating group) is 1. The normalized spacial score (nSPS) is 40.7. The molecule has 2 aliphatic heterocycles. The summed E-state index contributed by atoms with van der Waals surface area (Å²) < 4.78 is 29.8. The summed E-state index contributed by atoms with van der Waals surface area (Å²) in [7, 11) is 4.96. The molecule has 12 atom stereocenters. The second-order valence-electron chi connectivity index (χ2n) is 11.8. The van der Waals surface area contributed by atoms with Gasteiger partial charge in [-0.3, -0.25) is 9.59 Å². The van der Waals surface area contributed by atoms with Crippen LogP contribution in [0.15, 0.2) is 24.3 Å². The minimum absolute atomic E-state index is 0.0891. The van der Waals surface area contributed by atoms with E-state index >= 15 is 0 Å². The molecule has 0 unspecified atom stereocenters. The summed E-state index contributed by atoms with van der Waals surface area (Å²) in [4.78, 5) is 27.3. The number of methoxy groups -OCH3 is 1. The van der Waals surface area contributed by atoms with Gasteiger partial charge < -0.3 is 43.9 Å². The van der Waals surface area contributed by atoms with Crippen molar-refractivity contribution in [3.63, 3.8) is 0 Å². The highest BCUT2D eigenvalue weighted by Gasteiger charge is 2.48. The smallest absolute Gasteiger partial charge is 0.309 e. The zero-order valence-corrected chi connectivity index (χ0v) is 26.4. The zero-order chi connectivity index (χ0) is 31.6. The molecule has 0 aromatic rings. The molecule has 0 amide bonds. The average Bonchev–Trinajstić information content (AvgIpc) is 2.92. The molecule has 0 saturated carbocycles. The molecule has 2 heterocycles. The quantitative estimate of drug-likeness (QED) is 0.371. The molecule has 2 rings (SSSR count). The van der Waals surface area contributed by atoms with E-state index in [0.29, 0.717) is 19.3 Å². The van der Waals surface area contributed by atoms with Gasteiger partial charge >= 0.3 is 11.9 Å². The van der Waals surface area contributed by atoms with Crippen molar-refractivity contribution in [2.75, 3.05) is 21.2 Å². The predicted octanol–water partition coefficient (Wildman–Crippen LogP) is 2.36. The molecule has 0 bridgehead atoms. The summed E-state index contributed by atoms with van der Waals surface area (Å²) in [6.45, 7) is 9.04. The largest absolute Gasteiger partial charge is 0.462 e. The van der Waals surface area contributed by atoms with Crippen molar-refractivity contribution in [3.05, 3.63) is 24.3 Å². The molecule has 0 spiro atoms. The van der Waals surface area contributed by atoms with Crippen LogP contribution in [0.3, 0.4) is 0 Å². The summed E-state index contributed by atoms with van der Waals surface area (Å²) >= 11 is 0. The van der Waals surface area contributed by atoms with Crippen LogP contribution < -0.4 is 0 Å². The van der Waals surface area contributed by atoms with Crippen molar-refractivity contribution >= 4 is 11.9 Å². The van der Waals surface area contributed by atoms with E-state index in [2.05, 4.69) is 0 Å². The standard InChI is InChI=1S/C31H53NO10/c1-9-21-16-18(3)22(33)15-13-11-12-14-19(4)39-25(35)17-23(41-24(34)10-2)30(38-8)29(21)42-31-28(37)26(32(6)7)27(36)20(5)40-31/h11-13,15,18-23,26-31,33,36-37H,9-10,14,16-17H2,1-8H3/b12-11+,15-13+/t18-,19-,20+,21-,22+,23-,26+,27+,28+,29+,30-,31-/m0/s1. The van der Waals surface area contributed by atoms with Crippen molar-refractivity contribution in [3.8, 4) is 0 Å². The average molecular weight is 600 g/mol. The Morgan fingerprint density at radius 2 is 1.76 bits per heavy atom. The first-order valence-corrected chi connectivity index (χ1v) is 15.1. The van der Waals surface area contributed by atoms with E-state index < -0.39 is 73.1 Å². The third-order valence-corrected chi connectivity index (χ3v) is 8.20. The minimum atomic E-state index is -1.22. The zero-order valence-electron chi connectivity index (χ0n) is 26.4. The highest BCUT2D eigenvalue weighted by Crippen LogP contribution is 2.34. The van der Waals surface area contributed by atoms with Crippen LogP contribution in [0.2, 0.25) is 0 Å². The number of nitrogens with zero attached hydrogens (tertiary/aromatic N) is 1. The Morgan fingerprint density at radius 1 is 1.07 bits per heavy atom. The number of carbonyl (C=O) groups is 2. The predicted molar refractivity (Wildman–Crippen MR) is 156 cm³/mol. The van der Waals surface area contributed by atoms with Gasteiger partial charge in [-0.1, -0.05) is 51.5 Å². The lowest BCUT2D eigenvalue weighted by Crippen LogP contribution is -2.63. The van der Waals surface area contributed by atoms with Crippen LogP contribution in [0, 0.1) is 11.8 Å². The van der Waals surface area contributed by atoms with Crippen molar-refractivity contribution in [2.24, 2.45) is 11.8 Å². The summed E-state index contributed by atoms with van der Waals surface area (Å²) in [6.07, 6.45) is 0.507. The summed E-state index contributed by atoms with van der Waals surface area (Å²) in [5.41, 5.74) is 0. The molecule has 3 N–H and O–H groups in total. The molecule has 0 aliphatic carbocycles.